The van der Waals surface area contributed by atoms with E-state index >= 15 is 0 Å². The molecule has 1 aromatic heterocycles. The van der Waals surface area contributed by atoms with Gasteiger partial charge in [0.25, 0.3) is 0 Å². The van der Waals surface area contributed by atoms with Crippen LogP contribution in [0, 0.1) is 13.8 Å². The van der Waals surface area contributed by atoms with Crippen molar-refractivity contribution < 1.29 is 9.53 Å². The molecular weight excluding hydrogens is 304 g/mol. The van der Waals surface area contributed by atoms with Crippen LogP contribution < -0.4 is 10.6 Å². The van der Waals surface area contributed by atoms with Crippen LogP contribution in [0.3, 0.4) is 0 Å². The Morgan fingerprint density at radius 1 is 1.29 bits per heavy atom. The second-order valence-electron chi connectivity index (χ2n) is 4.92. The summed E-state index contributed by atoms with van der Waals surface area (Å²) in [4.78, 5) is 12.9. The lowest BCUT2D eigenvalue weighted by Crippen LogP contribution is -2.29. The molecule has 0 bridgehead atoms. The Labute approximate surface area is 136 Å². The van der Waals surface area contributed by atoms with Crippen LogP contribution in [0.4, 0.5) is 5.00 Å². The molecule has 1 aromatic rings. The number of methoxy groups -OCH3 is 1. The van der Waals surface area contributed by atoms with Gasteiger partial charge >= 0.3 is 5.97 Å². The summed E-state index contributed by atoms with van der Waals surface area (Å²) in [6.07, 6.45) is 4.77. The molecule has 2 N–H and O–H groups in total. The molecule has 0 radical (unpaired) electrons. The average Bonchev–Trinajstić information content (AvgIpc) is 2.72. The van der Waals surface area contributed by atoms with Gasteiger partial charge in [-0.2, -0.15) is 0 Å². The van der Waals surface area contributed by atoms with Gasteiger partial charge in [-0.1, -0.05) is 26.2 Å². The lowest BCUT2D eigenvalue weighted by molar-refractivity contribution is 0.0601. The fraction of sp³-hybridized carbons (Fsp3) is 0.600. The number of carbonyl (C=O) groups is 1. The fourth-order valence-electron chi connectivity index (χ4n) is 1.96. The van der Waals surface area contributed by atoms with Crippen molar-refractivity contribution in [3.05, 3.63) is 16.0 Å². The Hall–Kier alpha value is -1.14. The molecule has 0 unspecified atom stereocenters. The zero-order valence-electron chi connectivity index (χ0n) is 13.2. The van der Waals surface area contributed by atoms with E-state index in [-0.39, 0.29) is 5.97 Å². The molecule has 6 heteroatoms. The third-order valence-electron chi connectivity index (χ3n) is 3.32. The molecule has 0 aliphatic heterocycles. The largest absolute Gasteiger partial charge is 0.465 e. The third kappa shape index (κ3) is 5.28. The minimum absolute atomic E-state index is 0.329. The number of carbonyl (C=O) groups excluding carboxylic acids is 1. The van der Waals surface area contributed by atoms with Crippen LogP contribution in [0.15, 0.2) is 0 Å². The van der Waals surface area contributed by atoms with E-state index in [1.807, 2.05) is 13.8 Å². The number of unbranched alkanes of at least 4 members (excludes halogenated alkanes) is 3. The maximum atomic E-state index is 11.9. The van der Waals surface area contributed by atoms with Crippen molar-refractivity contribution in [1.29, 1.82) is 0 Å². The predicted molar refractivity (Wildman–Crippen MR) is 93.5 cm³/mol. The van der Waals surface area contributed by atoms with Gasteiger partial charge in [0.2, 0.25) is 0 Å². The molecule has 0 atom stereocenters. The second kappa shape index (κ2) is 9.00. The van der Waals surface area contributed by atoms with E-state index in [2.05, 4.69) is 17.6 Å². The molecule has 0 aromatic carbocycles. The molecule has 0 spiro atoms. The topological polar surface area (TPSA) is 50.4 Å². The number of esters is 1. The molecule has 4 nitrogen and oxygen atoms in total. The number of rotatable bonds is 7. The highest BCUT2D eigenvalue weighted by Gasteiger charge is 2.20. The smallest absolute Gasteiger partial charge is 0.341 e. The molecule has 0 fully saturated rings. The summed E-state index contributed by atoms with van der Waals surface area (Å²) < 4.78 is 4.84. The molecule has 0 saturated heterocycles. The minimum Gasteiger partial charge on any atom is -0.465 e. The first kappa shape index (κ1) is 17.9. The molecule has 0 amide bonds. The number of thiocarbonyl (C=S) groups is 1. The van der Waals surface area contributed by atoms with Crippen LogP contribution in [0.2, 0.25) is 0 Å². The third-order valence-corrected chi connectivity index (χ3v) is 4.69. The van der Waals surface area contributed by atoms with Gasteiger partial charge in [0.1, 0.15) is 5.00 Å². The second-order valence-corrected chi connectivity index (χ2v) is 6.55. The summed E-state index contributed by atoms with van der Waals surface area (Å²) in [5.41, 5.74) is 1.52. The first-order chi connectivity index (χ1) is 10.0. The average molecular weight is 329 g/mol. The van der Waals surface area contributed by atoms with Crippen molar-refractivity contribution in [2.24, 2.45) is 0 Å². The zero-order chi connectivity index (χ0) is 15.8. The summed E-state index contributed by atoms with van der Waals surface area (Å²) in [5, 5.41) is 7.60. The van der Waals surface area contributed by atoms with Gasteiger partial charge in [-0.25, -0.2) is 4.79 Å². The SMILES string of the molecule is CCCCCCNC(=S)Nc1sc(C)c(C)c1C(=O)OC. The lowest BCUT2D eigenvalue weighted by Gasteiger charge is -2.10. The Bertz CT molecular complexity index is 498. The van der Waals surface area contributed by atoms with Gasteiger partial charge in [-0.05, 0) is 38.0 Å². The van der Waals surface area contributed by atoms with Gasteiger partial charge in [0, 0.05) is 11.4 Å². The standard InChI is InChI=1S/C15H24N2O2S2/c1-5-6-7-8-9-16-15(20)17-13-12(14(18)19-4)10(2)11(3)21-13/h5-9H2,1-4H3,(H2,16,17,20). The van der Waals surface area contributed by atoms with Gasteiger partial charge in [-0.3, -0.25) is 0 Å². The summed E-state index contributed by atoms with van der Waals surface area (Å²) in [6, 6.07) is 0. The van der Waals surface area contributed by atoms with Crippen LogP contribution in [-0.2, 0) is 4.74 Å². The maximum absolute atomic E-state index is 11.9. The van der Waals surface area contributed by atoms with E-state index in [4.69, 9.17) is 17.0 Å². The molecular formula is C15H24N2O2S2. The quantitative estimate of drug-likeness (QED) is 0.450. The number of aryl methyl sites for hydroxylation is 1. The molecule has 0 aliphatic carbocycles. The first-order valence-corrected chi connectivity index (χ1v) is 8.46. The summed E-state index contributed by atoms with van der Waals surface area (Å²) in [6.45, 7) is 6.95. The van der Waals surface area contributed by atoms with E-state index in [1.165, 1.54) is 37.7 Å². The van der Waals surface area contributed by atoms with Gasteiger partial charge in [0.15, 0.2) is 5.11 Å². The summed E-state index contributed by atoms with van der Waals surface area (Å²) >= 11 is 6.80. The number of thiophene rings is 1. The molecule has 118 valence electrons. The number of hydrogen-bond acceptors (Lipinski definition) is 4. The van der Waals surface area contributed by atoms with E-state index in [9.17, 15) is 4.79 Å². The van der Waals surface area contributed by atoms with E-state index < -0.39 is 0 Å². The molecule has 1 heterocycles. The highest BCUT2D eigenvalue weighted by molar-refractivity contribution is 7.80. The highest BCUT2D eigenvalue weighted by atomic mass is 32.1. The number of ether oxygens (including phenoxy) is 1. The van der Waals surface area contributed by atoms with Crippen LogP contribution >= 0.6 is 23.6 Å². The monoisotopic (exact) mass is 328 g/mol. The van der Waals surface area contributed by atoms with Crippen molar-refractivity contribution in [2.45, 2.75) is 46.5 Å². The Balaban J connectivity index is 2.60. The Morgan fingerprint density at radius 3 is 2.62 bits per heavy atom. The molecule has 0 saturated carbocycles. The van der Waals surface area contributed by atoms with Gasteiger partial charge in [0.05, 0.1) is 12.7 Å². The van der Waals surface area contributed by atoms with Crippen LogP contribution in [-0.4, -0.2) is 24.7 Å². The molecule has 0 aliphatic rings. The van der Waals surface area contributed by atoms with Gasteiger partial charge in [-0.15, -0.1) is 11.3 Å². The number of anilines is 1. The lowest BCUT2D eigenvalue weighted by atomic mass is 10.1. The van der Waals surface area contributed by atoms with Crippen LogP contribution in [0.25, 0.3) is 0 Å². The molecule has 1 rings (SSSR count). The number of hydrogen-bond donors (Lipinski definition) is 2. The van der Waals surface area contributed by atoms with E-state index in [0.717, 1.165) is 28.4 Å². The van der Waals surface area contributed by atoms with Crippen molar-refractivity contribution in [1.82, 2.24) is 5.32 Å². The first-order valence-electron chi connectivity index (χ1n) is 7.24. The minimum atomic E-state index is -0.329. The predicted octanol–water partition coefficient (Wildman–Crippen LogP) is 4.02. The zero-order valence-corrected chi connectivity index (χ0v) is 14.8. The van der Waals surface area contributed by atoms with Crippen LogP contribution in [0.5, 0.6) is 0 Å². The van der Waals surface area contributed by atoms with E-state index in [1.54, 1.807) is 0 Å². The van der Waals surface area contributed by atoms with Gasteiger partial charge < -0.3 is 15.4 Å². The highest BCUT2D eigenvalue weighted by Crippen LogP contribution is 2.32. The van der Waals surface area contributed by atoms with Crippen molar-refractivity contribution in [2.75, 3.05) is 19.0 Å². The Kier molecular flexibility index (Phi) is 7.67. The summed E-state index contributed by atoms with van der Waals surface area (Å²) in [5.74, 6) is -0.329. The maximum Gasteiger partial charge on any atom is 0.341 e. The number of nitrogens with one attached hydrogen (secondary N) is 2. The fourth-order valence-corrected chi connectivity index (χ4v) is 3.29. The van der Waals surface area contributed by atoms with E-state index in [0.29, 0.717) is 10.7 Å². The van der Waals surface area contributed by atoms with Crippen molar-refractivity contribution >= 4 is 39.6 Å². The van der Waals surface area contributed by atoms with Crippen molar-refractivity contribution in [3.8, 4) is 0 Å². The Morgan fingerprint density at radius 2 is 2.00 bits per heavy atom. The normalized spacial score (nSPS) is 10.3. The molecule has 21 heavy (non-hydrogen) atoms. The van der Waals surface area contributed by atoms with Crippen LogP contribution in [0.1, 0.15) is 53.4 Å². The summed E-state index contributed by atoms with van der Waals surface area (Å²) in [7, 11) is 1.39. The van der Waals surface area contributed by atoms with Crippen molar-refractivity contribution in [3.63, 3.8) is 0 Å².